The van der Waals surface area contributed by atoms with Gasteiger partial charge in [0.05, 0.1) is 5.54 Å². The largest absolute Gasteiger partial charge is 0.340 e. The minimum atomic E-state index is -2.37. The van der Waals surface area contributed by atoms with Gasteiger partial charge < -0.3 is 5.32 Å². The second kappa shape index (κ2) is 6.61. The van der Waals surface area contributed by atoms with Gasteiger partial charge in [0.2, 0.25) is 5.82 Å². The number of ketones is 1. The van der Waals surface area contributed by atoms with E-state index in [0.29, 0.717) is 0 Å². The highest BCUT2D eigenvalue weighted by molar-refractivity contribution is 9.25. The fraction of sp³-hybridized carbons (Fsp3) is 0.333. The second-order valence-electron chi connectivity index (χ2n) is 4.69. The van der Waals surface area contributed by atoms with Gasteiger partial charge in [-0.25, -0.2) is 22.0 Å². The Labute approximate surface area is 138 Å². The van der Waals surface area contributed by atoms with Crippen LogP contribution in [0.2, 0.25) is 0 Å². The molecule has 0 fully saturated rings. The minimum Gasteiger partial charge on any atom is -0.340 e. The first kappa shape index (κ1) is 19.0. The van der Waals surface area contributed by atoms with E-state index in [1.54, 1.807) is 0 Å². The van der Waals surface area contributed by atoms with Gasteiger partial charge in [-0.15, -0.1) is 0 Å². The van der Waals surface area contributed by atoms with Gasteiger partial charge in [0.25, 0.3) is 5.91 Å². The number of benzene rings is 1. The summed E-state index contributed by atoms with van der Waals surface area (Å²) < 4.78 is 65.1. The van der Waals surface area contributed by atoms with Crippen LogP contribution in [0.5, 0.6) is 0 Å². The van der Waals surface area contributed by atoms with Crippen molar-refractivity contribution < 1.29 is 31.5 Å². The molecule has 1 N–H and O–H groups in total. The maximum absolute atomic E-state index is 13.5. The van der Waals surface area contributed by atoms with E-state index in [1.165, 1.54) is 13.8 Å². The number of carbonyl (C=O) groups is 2. The first-order valence-electron chi connectivity index (χ1n) is 5.58. The Morgan fingerprint density at radius 3 is 1.64 bits per heavy atom. The number of carbonyl (C=O) groups excluding carboxylic acids is 2. The fourth-order valence-electron chi connectivity index (χ4n) is 1.48. The number of rotatable bonds is 4. The van der Waals surface area contributed by atoms with Crippen LogP contribution in [0.4, 0.5) is 22.0 Å². The Kier molecular flexibility index (Phi) is 5.71. The Hall–Kier alpha value is -1.03. The van der Waals surface area contributed by atoms with Gasteiger partial charge in [-0.2, -0.15) is 0 Å². The van der Waals surface area contributed by atoms with Crippen molar-refractivity contribution >= 4 is 43.6 Å². The van der Waals surface area contributed by atoms with Gasteiger partial charge in [-0.05, 0) is 13.8 Å². The lowest BCUT2D eigenvalue weighted by molar-refractivity contribution is -0.121. The third kappa shape index (κ3) is 3.48. The molecular weight excluding hydrogens is 445 g/mol. The van der Waals surface area contributed by atoms with E-state index >= 15 is 0 Å². The summed E-state index contributed by atoms with van der Waals surface area (Å²) in [6, 6.07) is 0. The van der Waals surface area contributed by atoms with E-state index in [0.717, 1.165) is 0 Å². The quantitative estimate of drug-likeness (QED) is 0.328. The van der Waals surface area contributed by atoms with Crippen molar-refractivity contribution in [1.82, 2.24) is 5.32 Å². The summed E-state index contributed by atoms with van der Waals surface area (Å²) >= 11 is 5.76. The van der Waals surface area contributed by atoms with Crippen molar-refractivity contribution in [2.75, 3.05) is 0 Å². The van der Waals surface area contributed by atoms with Crippen LogP contribution in [0.15, 0.2) is 0 Å². The third-order valence-electron chi connectivity index (χ3n) is 2.68. The predicted molar refractivity (Wildman–Crippen MR) is 74.4 cm³/mol. The fourth-order valence-corrected chi connectivity index (χ4v) is 2.63. The molecule has 0 radical (unpaired) electrons. The molecule has 0 spiro atoms. The van der Waals surface area contributed by atoms with Crippen molar-refractivity contribution in [3.8, 4) is 0 Å². The van der Waals surface area contributed by atoms with E-state index in [4.69, 9.17) is 0 Å². The summed E-state index contributed by atoms with van der Waals surface area (Å²) in [6.07, 6.45) is 0. The number of alkyl halides is 2. The molecule has 0 heterocycles. The lowest BCUT2D eigenvalue weighted by Gasteiger charge is -2.25. The number of hydrogen-bond acceptors (Lipinski definition) is 2. The highest BCUT2D eigenvalue weighted by atomic mass is 79.9. The van der Waals surface area contributed by atoms with Crippen LogP contribution in [0.25, 0.3) is 0 Å². The highest BCUT2D eigenvalue weighted by Crippen LogP contribution is 2.24. The van der Waals surface area contributed by atoms with E-state index in [9.17, 15) is 31.5 Å². The summed E-state index contributed by atoms with van der Waals surface area (Å²) in [5.41, 5.74) is -3.28. The molecule has 10 heteroatoms. The minimum absolute atomic E-state index is 0.635. The Balaban J connectivity index is 3.29. The molecular formula is C12H8Br2F5NO2. The Bertz CT molecular complexity index is 620. The Morgan fingerprint density at radius 1 is 0.909 bits per heavy atom. The zero-order valence-electron chi connectivity index (χ0n) is 11.0. The molecule has 0 aromatic heterocycles. The monoisotopic (exact) mass is 451 g/mol. The molecule has 3 nitrogen and oxygen atoms in total. The summed E-state index contributed by atoms with van der Waals surface area (Å²) in [7, 11) is 0. The lowest BCUT2D eigenvalue weighted by atomic mass is 9.99. The van der Waals surface area contributed by atoms with Crippen LogP contribution in [0, 0.1) is 29.1 Å². The molecule has 1 rings (SSSR count). The molecule has 122 valence electrons. The maximum Gasteiger partial charge on any atom is 0.258 e. The van der Waals surface area contributed by atoms with Gasteiger partial charge in [0.15, 0.2) is 29.1 Å². The van der Waals surface area contributed by atoms with E-state index < -0.39 is 55.6 Å². The van der Waals surface area contributed by atoms with E-state index in [2.05, 4.69) is 31.9 Å². The molecule has 0 saturated heterocycles. The summed E-state index contributed by atoms with van der Waals surface area (Å²) in [6.45, 7) is 2.41. The lowest BCUT2D eigenvalue weighted by Crippen LogP contribution is -2.52. The zero-order chi connectivity index (χ0) is 17.4. The second-order valence-corrected chi connectivity index (χ2v) is 7.75. The average molecular weight is 453 g/mol. The van der Waals surface area contributed by atoms with E-state index in [1.807, 2.05) is 5.32 Å². The predicted octanol–water partition coefficient (Wildman–Crippen LogP) is 3.58. The Morgan fingerprint density at radius 2 is 1.27 bits per heavy atom. The molecule has 0 unspecified atom stereocenters. The number of Topliss-reactive ketones (excluding diaryl/α,β-unsaturated/α-hetero) is 1. The summed E-state index contributed by atoms with van der Waals surface area (Å²) in [4.78, 5) is 23.6. The SMILES string of the molecule is CC(C)(NC(=O)c1c(F)c(F)c(F)c(F)c1F)C(=O)C(Br)Br. The van der Waals surface area contributed by atoms with Crippen LogP contribution < -0.4 is 5.32 Å². The van der Waals surface area contributed by atoms with Crippen molar-refractivity contribution in [2.24, 2.45) is 0 Å². The number of halogens is 7. The van der Waals surface area contributed by atoms with Gasteiger partial charge in [-0.1, -0.05) is 31.9 Å². The van der Waals surface area contributed by atoms with Crippen molar-refractivity contribution in [1.29, 1.82) is 0 Å². The number of hydrogen-bond donors (Lipinski definition) is 1. The molecule has 0 atom stereocenters. The maximum atomic E-state index is 13.5. The van der Waals surface area contributed by atoms with E-state index in [-0.39, 0.29) is 0 Å². The number of amides is 1. The third-order valence-corrected chi connectivity index (χ3v) is 3.51. The topological polar surface area (TPSA) is 46.2 Å². The van der Waals surface area contributed by atoms with Crippen molar-refractivity contribution in [2.45, 2.75) is 23.1 Å². The van der Waals surface area contributed by atoms with Crippen LogP contribution in [0.3, 0.4) is 0 Å². The molecule has 0 aliphatic rings. The summed E-state index contributed by atoms with van der Waals surface area (Å²) in [5, 5.41) is 1.92. The van der Waals surface area contributed by atoms with Gasteiger partial charge in [0.1, 0.15) is 9.30 Å². The average Bonchev–Trinajstić information content (AvgIpc) is 2.41. The molecule has 1 amide bonds. The van der Waals surface area contributed by atoms with Crippen LogP contribution in [-0.4, -0.2) is 21.0 Å². The van der Waals surface area contributed by atoms with Crippen LogP contribution in [-0.2, 0) is 4.79 Å². The molecule has 1 aromatic carbocycles. The van der Waals surface area contributed by atoms with Gasteiger partial charge >= 0.3 is 0 Å². The first-order valence-corrected chi connectivity index (χ1v) is 7.41. The normalized spacial score (nSPS) is 11.7. The highest BCUT2D eigenvalue weighted by Gasteiger charge is 2.36. The molecule has 1 aromatic rings. The summed E-state index contributed by atoms with van der Waals surface area (Å²) in [5.74, 6) is -13.6. The van der Waals surface area contributed by atoms with Crippen molar-refractivity contribution in [3.63, 3.8) is 0 Å². The molecule has 0 aliphatic carbocycles. The van der Waals surface area contributed by atoms with Crippen LogP contribution >= 0.6 is 31.9 Å². The van der Waals surface area contributed by atoms with Gasteiger partial charge in [0, 0.05) is 0 Å². The number of nitrogens with one attached hydrogen (secondary N) is 1. The molecule has 22 heavy (non-hydrogen) atoms. The standard InChI is InChI=1S/C12H8Br2F5NO2/c1-12(2,9(21)10(13)14)20-11(22)3-4(15)6(17)8(19)7(18)5(3)16/h10H,1-2H3,(H,20,22). The molecule has 0 saturated carbocycles. The smallest absolute Gasteiger partial charge is 0.258 e. The molecule has 0 aliphatic heterocycles. The van der Waals surface area contributed by atoms with Gasteiger partial charge in [-0.3, -0.25) is 9.59 Å². The van der Waals surface area contributed by atoms with Crippen molar-refractivity contribution in [3.05, 3.63) is 34.6 Å². The van der Waals surface area contributed by atoms with Crippen LogP contribution in [0.1, 0.15) is 24.2 Å². The zero-order valence-corrected chi connectivity index (χ0v) is 14.2. The first-order chi connectivity index (χ1) is 9.91. The molecule has 0 bridgehead atoms.